The summed E-state index contributed by atoms with van der Waals surface area (Å²) < 4.78 is 26.8. The lowest BCUT2D eigenvalue weighted by molar-refractivity contribution is -0.119. The minimum Gasteiger partial charge on any atom is -0.355 e. The van der Waals surface area contributed by atoms with Gasteiger partial charge in [0.1, 0.15) is 0 Å². The largest absolute Gasteiger partial charge is 0.355 e. The first-order chi connectivity index (χ1) is 16.8. The lowest BCUT2D eigenvalue weighted by atomic mass is 10.2. The van der Waals surface area contributed by atoms with Gasteiger partial charge < -0.3 is 15.1 Å². The predicted molar refractivity (Wildman–Crippen MR) is 141 cm³/mol. The van der Waals surface area contributed by atoms with E-state index in [0.29, 0.717) is 11.4 Å². The highest BCUT2D eigenvalue weighted by Crippen LogP contribution is 2.48. The third-order valence-corrected chi connectivity index (χ3v) is 9.44. The van der Waals surface area contributed by atoms with Gasteiger partial charge in [0.05, 0.1) is 16.3 Å². The molecule has 1 fully saturated rings. The fourth-order valence-electron chi connectivity index (χ4n) is 4.50. The molecule has 8 nitrogen and oxygen atoms in total. The Morgan fingerprint density at radius 2 is 1.60 bits per heavy atom. The molecule has 35 heavy (non-hydrogen) atoms. The molecule has 0 bridgehead atoms. The molecule has 2 aliphatic heterocycles. The number of hydrogen-bond donors (Lipinski definition) is 1. The highest BCUT2D eigenvalue weighted by atomic mass is 32.2. The zero-order valence-corrected chi connectivity index (χ0v) is 22.4. The Labute approximate surface area is 213 Å². The Morgan fingerprint density at radius 1 is 0.943 bits per heavy atom. The van der Waals surface area contributed by atoms with Crippen LogP contribution in [0.2, 0.25) is 0 Å². The zero-order chi connectivity index (χ0) is 25.0. The molecule has 2 heterocycles. The van der Waals surface area contributed by atoms with Crippen molar-refractivity contribution >= 4 is 39.1 Å². The first-order valence-corrected chi connectivity index (χ1v) is 14.3. The molecule has 0 aromatic heterocycles. The summed E-state index contributed by atoms with van der Waals surface area (Å²) in [5.41, 5.74) is 2.09. The van der Waals surface area contributed by atoms with Crippen molar-refractivity contribution in [3.05, 3.63) is 42.5 Å². The molecule has 1 N–H and O–H groups in total. The number of para-hydroxylation sites is 1. The standard InChI is InChI=1S/C25H35N5O3S2/c1-20(31)26-11-14-29-17-15-28(16-18-29)12-6-13-30-22-7-4-5-8-24(22)34-25-10-9-21(19-23(25)30)35(32,33)27(2)3/h4-5,7-10,19H,6,11-18H2,1-3H3,(H,26,31). The van der Waals surface area contributed by atoms with Gasteiger partial charge in [-0.05, 0) is 43.3 Å². The van der Waals surface area contributed by atoms with Crippen molar-refractivity contribution in [2.45, 2.75) is 28.0 Å². The second-order valence-corrected chi connectivity index (χ2v) is 12.4. The molecule has 4 rings (SSSR count). The molecular formula is C25H35N5O3S2. The molecule has 0 aliphatic carbocycles. The van der Waals surface area contributed by atoms with E-state index in [2.05, 4.69) is 32.1 Å². The molecule has 190 valence electrons. The number of carbonyl (C=O) groups excluding carboxylic acids is 1. The number of piperazine rings is 1. The third-order valence-electron chi connectivity index (χ3n) is 6.50. The van der Waals surface area contributed by atoms with Crippen molar-refractivity contribution in [1.82, 2.24) is 19.4 Å². The molecular weight excluding hydrogens is 482 g/mol. The number of fused-ring (bicyclic) bond motifs is 2. The van der Waals surface area contributed by atoms with E-state index >= 15 is 0 Å². The topological polar surface area (TPSA) is 76.2 Å². The van der Waals surface area contributed by atoms with Gasteiger partial charge in [0.25, 0.3) is 0 Å². The Balaban J connectivity index is 1.41. The number of amides is 1. The number of nitrogens with one attached hydrogen (secondary N) is 1. The minimum absolute atomic E-state index is 0.0225. The van der Waals surface area contributed by atoms with Crippen LogP contribution in [0.3, 0.4) is 0 Å². The van der Waals surface area contributed by atoms with Gasteiger partial charge in [0.2, 0.25) is 15.9 Å². The van der Waals surface area contributed by atoms with Crippen molar-refractivity contribution in [2.75, 3.05) is 71.4 Å². The van der Waals surface area contributed by atoms with E-state index in [0.717, 1.165) is 68.5 Å². The van der Waals surface area contributed by atoms with E-state index in [-0.39, 0.29) is 5.91 Å². The Morgan fingerprint density at radius 3 is 2.29 bits per heavy atom. The Kier molecular flexibility index (Phi) is 8.38. The van der Waals surface area contributed by atoms with Crippen molar-refractivity contribution < 1.29 is 13.2 Å². The molecule has 1 amide bonds. The Hall–Kier alpha value is -2.11. The van der Waals surface area contributed by atoms with Gasteiger partial charge in [-0.25, -0.2) is 12.7 Å². The zero-order valence-electron chi connectivity index (χ0n) is 20.7. The molecule has 0 atom stereocenters. The number of sulfonamides is 1. The maximum Gasteiger partial charge on any atom is 0.242 e. The number of nitrogens with zero attached hydrogens (tertiary/aromatic N) is 4. The van der Waals surface area contributed by atoms with Gasteiger partial charge in [0, 0.05) is 76.6 Å². The molecule has 2 aromatic rings. The summed E-state index contributed by atoms with van der Waals surface area (Å²) in [5, 5.41) is 2.87. The molecule has 10 heteroatoms. The summed E-state index contributed by atoms with van der Waals surface area (Å²) in [5.74, 6) is 0.0225. The summed E-state index contributed by atoms with van der Waals surface area (Å²) in [4.78, 5) is 20.8. The van der Waals surface area contributed by atoms with Crippen LogP contribution in [-0.2, 0) is 14.8 Å². The maximum absolute atomic E-state index is 12.8. The minimum atomic E-state index is -3.50. The molecule has 0 radical (unpaired) electrons. The monoisotopic (exact) mass is 517 g/mol. The number of carbonyl (C=O) groups is 1. The van der Waals surface area contributed by atoms with Crippen LogP contribution in [0, 0.1) is 0 Å². The Bertz CT molecular complexity index is 1150. The second-order valence-electron chi connectivity index (χ2n) is 9.16. The van der Waals surface area contributed by atoms with Crippen LogP contribution in [0.15, 0.2) is 57.2 Å². The maximum atomic E-state index is 12.8. The van der Waals surface area contributed by atoms with Crippen LogP contribution >= 0.6 is 11.8 Å². The van der Waals surface area contributed by atoms with Gasteiger partial charge in [0.15, 0.2) is 0 Å². The predicted octanol–water partition coefficient (Wildman–Crippen LogP) is 2.68. The SMILES string of the molecule is CC(=O)NCCN1CCN(CCCN2c3ccccc3Sc3ccc(S(=O)(=O)N(C)C)cc32)CC1. The summed E-state index contributed by atoms with van der Waals surface area (Å²) in [6, 6.07) is 13.8. The average molecular weight is 518 g/mol. The van der Waals surface area contributed by atoms with Crippen LogP contribution in [0.5, 0.6) is 0 Å². The number of anilines is 2. The molecule has 2 aliphatic rings. The third kappa shape index (κ3) is 6.18. The van der Waals surface area contributed by atoms with E-state index < -0.39 is 10.0 Å². The quantitative estimate of drug-likeness (QED) is 0.548. The van der Waals surface area contributed by atoms with Crippen LogP contribution in [0.1, 0.15) is 13.3 Å². The van der Waals surface area contributed by atoms with Gasteiger partial charge in [-0.1, -0.05) is 23.9 Å². The van der Waals surface area contributed by atoms with Gasteiger partial charge in [-0.15, -0.1) is 0 Å². The summed E-state index contributed by atoms with van der Waals surface area (Å²) in [6.07, 6.45) is 0.981. The van der Waals surface area contributed by atoms with Crippen LogP contribution in [0.4, 0.5) is 11.4 Å². The lowest BCUT2D eigenvalue weighted by Crippen LogP contribution is -2.48. The first kappa shape index (κ1) is 26.0. The number of benzene rings is 2. The van der Waals surface area contributed by atoms with Gasteiger partial charge in [-0.3, -0.25) is 9.69 Å². The summed E-state index contributed by atoms with van der Waals surface area (Å²) in [7, 11) is -0.373. The van der Waals surface area contributed by atoms with Crippen molar-refractivity contribution in [3.8, 4) is 0 Å². The highest BCUT2D eigenvalue weighted by molar-refractivity contribution is 7.99. The van der Waals surface area contributed by atoms with E-state index in [4.69, 9.17) is 0 Å². The van der Waals surface area contributed by atoms with E-state index in [1.165, 1.54) is 9.20 Å². The van der Waals surface area contributed by atoms with Crippen LogP contribution < -0.4 is 10.2 Å². The van der Waals surface area contributed by atoms with E-state index in [9.17, 15) is 13.2 Å². The van der Waals surface area contributed by atoms with Crippen molar-refractivity contribution in [2.24, 2.45) is 0 Å². The summed E-state index contributed by atoms with van der Waals surface area (Å²) in [6.45, 7) is 9.03. The fraction of sp³-hybridized carbons (Fsp3) is 0.480. The fourth-order valence-corrected chi connectivity index (χ4v) is 6.50. The molecule has 2 aromatic carbocycles. The van der Waals surface area contributed by atoms with Crippen LogP contribution in [0.25, 0.3) is 0 Å². The molecule has 0 saturated carbocycles. The second kappa shape index (κ2) is 11.3. The van der Waals surface area contributed by atoms with E-state index in [1.54, 1.807) is 38.8 Å². The van der Waals surface area contributed by atoms with Crippen molar-refractivity contribution in [1.29, 1.82) is 0 Å². The highest BCUT2D eigenvalue weighted by Gasteiger charge is 2.27. The molecule has 0 unspecified atom stereocenters. The van der Waals surface area contributed by atoms with Gasteiger partial charge in [-0.2, -0.15) is 0 Å². The first-order valence-electron chi connectivity index (χ1n) is 12.1. The molecule has 0 spiro atoms. The normalized spacial score (nSPS) is 16.7. The average Bonchev–Trinajstić information content (AvgIpc) is 2.84. The smallest absolute Gasteiger partial charge is 0.242 e. The lowest BCUT2D eigenvalue weighted by Gasteiger charge is -2.36. The summed E-state index contributed by atoms with van der Waals surface area (Å²) >= 11 is 1.69. The van der Waals surface area contributed by atoms with E-state index in [1.807, 2.05) is 24.3 Å². The van der Waals surface area contributed by atoms with Crippen LogP contribution in [-0.4, -0.2) is 94.9 Å². The molecule has 1 saturated heterocycles. The number of hydrogen-bond acceptors (Lipinski definition) is 7. The van der Waals surface area contributed by atoms with Crippen molar-refractivity contribution in [3.63, 3.8) is 0 Å². The number of rotatable bonds is 9. The van der Waals surface area contributed by atoms with Gasteiger partial charge >= 0.3 is 0 Å².